The van der Waals surface area contributed by atoms with E-state index in [0.717, 1.165) is 17.5 Å². The number of halogens is 1. The Balaban J connectivity index is 1.51. The number of hydrogen-bond donors (Lipinski definition) is 2. The van der Waals surface area contributed by atoms with Crippen molar-refractivity contribution in [3.63, 3.8) is 0 Å². The van der Waals surface area contributed by atoms with Gasteiger partial charge in [0, 0.05) is 24.2 Å². The highest BCUT2D eigenvalue weighted by Gasteiger charge is 2.08. The van der Waals surface area contributed by atoms with Gasteiger partial charge < -0.3 is 10.6 Å². The molecule has 26 heavy (non-hydrogen) atoms. The van der Waals surface area contributed by atoms with Gasteiger partial charge in [-0.25, -0.2) is 9.97 Å². The van der Waals surface area contributed by atoms with Crippen LogP contribution in [0.4, 0.5) is 5.82 Å². The summed E-state index contributed by atoms with van der Waals surface area (Å²) in [4.78, 5) is 20.5. The summed E-state index contributed by atoms with van der Waals surface area (Å²) in [5.41, 5.74) is 2.59. The highest BCUT2D eigenvalue weighted by molar-refractivity contribution is 6.30. The molecule has 3 aromatic rings. The van der Waals surface area contributed by atoms with Gasteiger partial charge in [0.2, 0.25) is 0 Å². The van der Waals surface area contributed by atoms with Crippen molar-refractivity contribution in [2.75, 3.05) is 11.9 Å². The van der Waals surface area contributed by atoms with Crippen LogP contribution in [0.5, 0.6) is 0 Å². The maximum Gasteiger partial charge on any atom is 0.270 e. The van der Waals surface area contributed by atoms with Gasteiger partial charge in [0.25, 0.3) is 5.91 Å². The molecule has 0 saturated carbocycles. The number of anilines is 1. The fourth-order valence-corrected chi connectivity index (χ4v) is 2.55. The predicted octanol–water partition coefficient (Wildman–Crippen LogP) is 3.71. The largest absolute Gasteiger partial charge is 0.366 e. The van der Waals surface area contributed by atoms with E-state index in [9.17, 15) is 4.79 Å². The first-order valence-corrected chi connectivity index (χ1v) is 8.71. The maximum absolute atomic E-state index is 12.3. The van der Waals surface area contributed by atoms with E-state index in [1.54, 1.807) is 6.07 Å². The van der Waals surface area contributed by atoms with Crippen LogP contribution in [0.2, 0.25) is 5.02 Å². The Kier molecular flexibility index (Phi) is 6.17. The van der Waals surface area contributed by atoms with Crippen molar-refractivity contribution in [2.24, 2.45) is 0 Å². The van der Waals surface area contributed by atoms with Gasteiger partial charge in [-0.3, -0.25) is 4.79 Å². The Morgan fingerprint density at radius 3 is 2.50 bits per heavy atom. The van der Waals surface area contributed by atoms with Gasteiger partial charge in [0.05, 0.1) is 0 Å². The van der Waals surface area contributed by atoms with Gasteiger partial charge in [-0.1, -0.05) is 54.1 Å². The Labute approximate surface area is 157 Å². The van der Waals surface area contributed by atoms with E-state index < -0.39 is 0 Å². The van der Waals surface area contributed by atoms with Crippen LogP contribution < -0.4 is 10.6 Å². The van der Waals surface area contributed by atoms with Gasteiger partial charge in [-0.2, -0.15) is 0 Å². The molecule has 0 unspecified atom stereocenters. The summed E-state index contributed by atoms with van der Waals surface area (Å²) in [6.45, 7) is 1.16. The lowest BCUT2D eigenvalue weighted by Crippen LogP contribution is -2.26. The molecule has 1 heterocycles. The molecule has 1 aromatic heterocycles. The fraction of sp³-hybridized carbons (Fsp3) is 0.150. The number of hydrogen-bond acceptors (Lipinski definition) is 4. The normalized spacial score (nSPS) is 10.3. The van der Waals surface area contributed by atoms with Gasteiger partial charge in [0.1, 0.15) is 17.8 Å². The second kappa shape index (κ2) is 8.97. The molecule has 132 valence electrons. The van der Waals surface area contributed by atoms with E-state index in [0.29, 0.717) is 29.6 Å². The van der Waals surface area contributed by atoms with Crippen LogP contribution in [0.3, 0.4) is 0 Å². The third-order valence-corrected chi connectivity index (χ3v) is 4.08. The summed E-state index contributed by atoms with van der Waals surface area (Å²) >= 11 is 5.87. The quantitative estimate of drug-likeness (QED) is 0.668. The van der Waals surface area contributed by atoms with Crippen LogP contribution in [0.15, 0.2) is 67.0 Å². The third kappa shape index (κ3) is 5.29. The first-order valence-electron chi connectivity index (χ1n) is 8.33. The summed E-state index contributed by atoms with van der Waals surface area (Å²) in [5, 5.41) is 6.78. The molecule has 3 rings (SSSR count). The number of nitrogens with zero attached hydrogens (tertiary/aromatic N) is 2. The van der Waals surface area contributed by atoms with Gasteiger partial charge in [0.15, 0.2) is 0 Å². The van der Waals surface area contributed by atoms with Crippen LogP contribution in [0, 0.1) is 0 Å². The van der Waals surface area contributed by atoms with E-state index in [1.165, 1.54) is 6.33 Å². The lowest BCUT2D eigenvalue weighted by atomic mass is 10.1. The zero-order valence-corrected chi connectivity index (χ0v) is 14.9. The van der Waals surface area contributed by atoms with Gasteiger partial charge in [-0.15, -0.1) is 0 Å². The van der Waals surface area contributed by atoms with Crippen molar-refractivity contribution in [2.45, 2.75) is 13.0 Å². The number of aromatic nitrogens is 2. The summed E-state index contributed by atoms with van der Waals surface area (Å²) in [7, 11) is 0. The monoisotopic (exact) mass is 366 g/mol. The molecule has 0 fully saturated rings. The molecule has 0 radical (unpaired) electrons. The van der Waals surface area contributed by atoms with Crippen LogP contribution in [0.1, 0.15) is 21.6 Å². The lowest BCUT2D eigenvalue weighted by molar-refractivity contribution is 0.0949. The molecule has 5 nitrogen and oxygen atoms in total. The number of carbonyl (C=O) groups excluding carboxylic acids is 1. The highest BCUT2D eigenvalue weighted by Crippen LogP contribution is 2.10. The number of amides is 1. The van der Waals surface area contributed by atoms with Gasteiger partial charge in [-0.05, 0) is 29.7 Å². The summed E-state index contributed by atoms with van der Waals surface area (Å²) in [6, 6.07) is 19.2. The number of benzene rings is 2. The first kappa shape index (κ1) is 17.9. The van der Waals surface area contributed by atoms with Crippen molar-refractivity contribution >= 4 is 23.3 Å². The molecule has 0 aliphatic rings. The molecule has 0 atom stereocenters. The Morgan fingerprint density at radius 1 is 0.962 bits per heavy atom. The molecule has 6 heteroatoms. The van der Waals surface area contributed by atoms with E-state index in [4.69, 9.17) is 11.6 Å². The van der Waals surface area contributed by atoms with Crippen molar-refractivity contribution in [3.05, 3.63) is 88.8 Å². The van der Waals surface area contributed by atoms with E-state index in [2.05, 4.69) is 20.6 Å². The highest BCUT2D eigenvalue weighted by atomic mass is 35.5. The number of carbonyl (C=O) groups is 1. The topological polar surface area (TPSA) is 66.9 Å². The molecule has 2 aromatic carbocycles. The Hall–Kier alpha value is -2.92. The third-order valence-electron chi connectivity index (χ3n) is 3.83. The summed E-state index contributed by atoms with van der Waals surface area (Å²) < 4.78 is 0. The minimum Gasteiger partial charge on any atom is -0.366 e. The predicted molar refractivity (Wildman–Crippen MR) is 103 cm³/mol. The Bertz CT molecular complexity index is 853. The van der Waals surface area contributed by atoms with Crippen molar-refractivity contribution in [3.8, 4) is 0 Å². The average molecular weight is 367 g/mol. The maximum atomic E-state index is 12.3. The van der Waals surface area contributed by atoms with Gasteiger partial charge >= 0.3 is 0 Å². The Morgan fingerprint density at radius 2 is 1.73 bits per heavy atom. The standard InChI is InChI=1S/C20H19ClN4O/c21-17-8-6-15(7-9-17)10-11-22-20(26)18-12-19(25-14-24-18)23-13-16-4-2-1-3-5-16/h1-9,12,14H,10-11,13H2,(H,22,26)(H,23,24,25). The molecular formula is C20H19ClN4O. The zero-order valence-electron chi connectivity index (χ0n) is 14.2. The number of rotatable bonds is 7. The summed E-state index contributed by atoms with van der Waals surface area (Å²) in [5.74, 6) is 0.399. The zero-order chi connectivity index (χ0) is 18.2. The molecule has 0 saturated heterocycles. The second-order valence-electron chi connectivity index (χ2n) is 5.76. The molecule has 0 aliphatic heterocycles. The van der Waals surface area contributed by atoms with E-state index in [-0.39, 0.29) is 5.91 Å². The average Bonchev–Trinajstić information content (AvgIpc) is 2.69. The fourth-order valence-electron chi connectivity index (χ4n) is 2.43. The van der Waals surface area contributed by atoms with Crippen molar-refractivity contribution in [1.29, 1.82) is 0 Å². The minimum absolute atomic E-state index is 0.218. The molecule has 2 N–H and O–H groups in total. The summed E-state index contributed by atoms with van der Waals surface area (Å²) in [6.07, 6.45) is 2.12. The van der Waals surface area contributed by atoms with E-state index in [1.807, 2.05) is 54.6 Å². The van der Waals surface area contributed by atoms with Crippen LogP contribution in [-0.2, 0) is 13.0 Å². The number of nitrogens with one attached hydrogen (secondary N) is 2. The molecule has 0 spiro atoms. The molecule has 0 bridgehead atoms. The van der Waals surface area contributed by atoms with E-state index >= 15 is 0 Å². The minimum atomic E-state index is -0.218. The lowest BCUT2D eigenvalue weighted by Gasteiger charge is -2.08. The second-order valence-corrected chi connectivity index (χ2v) is 6.20. The molecule has 1 amide bonds. The smallest absolute Gasteiger partial charge is 0.270 e. The van der Waals surface area contributed by atoms with Crippen LogP contribution in [0.25, 0.3) is 0 Å². The molecular weight excluding hydrogens is 348 g/mol. The molecule has 0 aliphatic carbocycles. The van der Waals surface area contributed by atoms with Crippen LogP contribution in [-0.4, -0.2) is 22.4 Å². The van der Waals surface area contributed by atoms with Crippen molar-refractivity contribution in [1.82, 2.24) is 15.3 Å². The first-order chi connectivity index (χ1) is 12.7. The van der Waals surface area contributed by atoms with Crippen molar-refractivity contribution < 1.29 is 4.79 Å². The van der Waals surface area contributed by atoms with Crippen LogP contribution >= 0.6 is 11.6 Å². The SMILES string of the molecule is O=C(NCCc1ccc(Cl)cc1)c1cc(NCc2ccccc2)ncn1.